The fourth-order valence-electron chi connectivity index (χ4n) is 2.01. The largest absolute Gasteiger partial charge is 0.417 e. The fraction of sp³-hybridized carbons (Fsp3) is 0.214. The topological polar surface area (TPSA) is 88.0 Å². The number of nitrogens with one attached hydrogen (secondary N) is 2. The second kappa shape index (κ2) is 5.53. The van der Waals surface area contributed by atoms with Crippen molar-refractivity contribution in [2.75, 3.05) is 5.32 Å². The highest BCUT2D eigenvalue weighted by molar-refractivity contribution is 7.13. The van der Waals surface area contributed by atoms with Crippen LogP contribution in [0.2, 0.25) is 0 Å². The molecule has 2 N–H and O–H groups in total. The zero-order valence-corrected chi connectivity index (χ0v) is 12.1. The number of carbonyl (C=O) groups excluding carboxylic acids is 1. The number of fused-ring (bicyclic) bond motifs is 1. The molecule has 1 aromatic carbocycles. The van der Waals surface area contributed by atoms with Crippen molar-refractivity contribution in [2.24, 2.45) is 0 Å². The number of rotatable bonds is 4. The van der Waals surface area contributed by atoms with Gasteiger partial charge in [-0.3, -0.25) is 9.78 Å². The van der Waals surface area contributed by atoms with Crippen molar-refractivity contribution in [2.45, 2.75) is 19.8 Å². The van der Waals surface area contributed by atoms with Crippen molar-refractivity contribution in [3.63, 3.8) is 0 Å². The number of aromatic amines is 1. The normalized spacial score (nSPS) is 10.9. The predicted octanol–water partition coefficient (Wildman–Crippen LogP) is 2.46. The monoisotopic (exact) mass is 303 g/mol. The number of nitrogens with zero attached hydrogens (tertiary/aromatic N) is 1. The molecule has 21 heavy (non-hydrogen) atoms. The van der Waals surface area contributed by atoms with E-state index in [2.05, 4.69) is 15.3 Å². The number of benzene rings is 1. The Kier molecular flexibility index (Phi) is 3.57. The van der Waals surface area contributed by atoms with Crippen LogP contribution in [0.3, 0.4) is 0 Å². The molecule has 2 aromatic heterocycles. The lowest BCUT2D eigenvalue weighted by atomic mass is 10.1. The molecule has 0 saturated heterocycles. The Balaban J connectivity index is 1.62. The molecular weight excluding hydrogens is 290 g/mol. The van der Waals surface area contributed by atoms with Crippen LogP contribution in [0, 0.1) is 6.92 Å². The molecule has 0 unspecified atom stereocenters. The molecule has 7 heteroatoms. The third-order valence-electron chi connectivity index (χ3n) is 2.99. The van der Waals surface area contributed by atoms with Gasteiger partial charge in [0.15, 0.2) is 10.7 Å². The van der Waals surface area contributed by atoms with E-state index < -0.39 is 5.76 Å². The fourth-order valence-corrected chi connectivity index (χ4v) is 2.71. The molecule has 0 bridgehead atoms. The van der Waals surface area contributed by atoms with E-state index in [1.165, 1.54) is 11.3 Å². The molecule has 3 aromatic rings. The SMILES string of the molecule is Cc1csc(NC(=O)CCc2ccc3oc(=O)[nH]c3c2)n1. The first-order valence-electron chi connectivity index (χ1n) is 6.44. The Bertz CT molecular complexity index is 846. The van der Waals surface area contributed by atoms with Gasteiger partial charge in [-0.15, -0.1) is 11.3 Å². The third-order valence-corrected chi connectivity index (χ3v) is 3.87. The Morgan fingerprint density at radius 1 is 1.48 bits per heavy atom. The van der Waals surface area contributed by atoms with Crippen LogP contribution in [0.15, 0.2) is 32.8 Å². The van der Waals surface area contributed by atoms with Gasteiger partial charge < -0.3 is 9.73 Å². The molecule has 0 saturated carbocycles. The molecule has 0 fully saturated rings. The molecule has 6 nitrogen and oxygen atoms in total. The summed E-state index contributed by atoms with van der Waals surface area (Å²) >= 11 is 1.41. The summed E-state index contributed by atoms with van der Waals surface area (Å²) in [5, 5.41) is 5.27. The second-order valence-electron chi connectivity index (χ2n) is 4.69. The Hall–Kier alpha value is -2.41. The lowest BCUT2D eigenvalue weighted by molar-refractivity contribution is -0.116. The quantitative estimate of drug-likeness (QED) is 0.775. The van der Waals surface area contributed by atoms with Crippen molar-refractivity contribution < 1.29 is 9.21 Å². The lowest BCUT2D eigenvalue weighted by Gasteiger charge is -2.02. The van der Waals surface area contributed by atoms with Gasteiger partial charge >= 0.3 is 5.76 Å². The zero-order chi connectivity index (χ0) is 14.8. The summed E-state index contributed by atoms with van der Waals surface area (Å²) in [5.41, 5.74) is 3.02. The van der Waals surface area contributed by atoms with Gasteiger partial charge in [0.1, 0.15) is 0 Å². The molecule has 3 rings (SSSR count). The maximum Gasteiger partial charge on any atom is 0.417 e. The van der Waals surface area contributed by atoms with Crippen molar-refractivity contribution in [3.05, 3.63) is 45.4 Å². The minimum absolute atomic E-state index is 0.0786. The maximum atomic E-state index is 11.8. The van der Waals surface area contributed by atoms with Crippen LogP contribution in [0.25, 0.3) is 11.1 Å². The number of hydrogen-bond donors (Lipinski definition) is 2. The molecular formula is C14H13N3O3S. The van der Waals surface area contributed by atoms with Crippen LogP contribution in [0.1, 0.15) is 17.7 Å². The molecule has 0 spiro atoms. The second-order valence-corrected chi connectivity index (χ2v) is 5.55. The van der Waals surface area contributed by atoms with Gasteiger partial charge in [-0.05, 0) is 31.0 Å². The summed E-state index contributed by atoms with van der Waals surface area (Å²) in [6, 6.07) is 5.39. The smallest absolute Gasteiger partial charge is 0.408 e. The minimum Gasteiger partial charge on any atom is -0.408 e. The Morgan fingerprint density at radius 2 is 2.33 bits per heavy atom. The van der Waals surface area contributed by atoms with Gasteiger partial charge in [0.2, 0.25) is 5.91 Å². The van der Waals surface area contributed by atoms with E-state index in [0.717, 1.165) is 11.3 Å². The summed E-state index contributed by atoms with van der Waals surface area (Å²) in [7, 11) is 0. The first kappa shape index (κ1) is 13.6. The van der Waals surface area contributed by atoms with Crippen molar-refractivity contribution in [3.8, 4) is 0 Å². The Morgan fingerprint density at radius 3 is 3.10 bits per heavy atom. The third kappa shape index (κ3) is 3.19. The van der Waals surface area contributed by atoms with Crippen LogP contribution in [-0.4, -0.2) is 15.9 Å². The molecule has 0 aliphatic carbocycles. The standard InChI is InChI=1S/C14H13N3O3S/c1-8-7-21-13(15-8)17-12(18)5-3-9-2-4-11-10(6-9)16-14(19)20-11/h2,4,6-7H,3,5H2,1H3,(H,16,19)(H,15,17,18). The minimum atomic E-state index is -0.473. The van der Waals surface area contributed by atoms with Crippen LogP contribution < -0.4 is 11.1 Å². The van der Waals surface area contributed by atoms with E-state index in [-0.39, 0.29) is 5.91 Å². The van der Waals surface area contributed by atoms with Gasteiger partial charge in [-0.25, -0.2) is 9.78 Å². The molecule has 0 aliphatic rings. The highest BCUT2D eigenvalue weighted by atomic mass is 32.1. The number of hydrogen-bond acceptors (Lipinski definition) is 5. The summed E-state index contributed by atoms with van der Waals surface area (Å²) in [6.07, 6.45) is 0.936. The van der Waals surface area contributed by atoms with E-state index >= 15 is 0 Å². The number of aromatic nitrogens is 2. The van der Waals surface area contributed by atoms with E-state index in [9.17, 15) is 9.59 Å². The predicted molar refractivity (Wildman–Crippen MR) is 80.6 cm³/mol. The Labute approximate surface area is 123 Å². The van der Waals surface area contributed by atoms with Crippen molar-refractivity contribution in [1.82, 2.24) is 9.97 Å². The molecule has 0 aliphatic heterocycles. The summed E-state index contributed by atoms with van der Waals surface area (Å²) in [6.45, 7) is 1.88. The van der Waals surface area contributed by atoms with E-state index in [1.54, 1.807) is 6.07 Å². The van der Waals surface area contributed by atoms with Gasteiger partial charge in [-0.2, -0.15) is 0 Å². The molecule has 108 valence electrons. The van der Waals surface area contributed by atoms with Gasteiger partial charge in [0.25, 0.3) is 0 Å². The highest BCUT2D eigenvalue weighted by Crippen LogP contribution is 2.16. The van der Waals surface area contributed by atoms with Gasteiger partial charge in [0.05, 0.1) is 11.2 Å². The first-order valence-corrected chi connectivity index (χ1v) is 7.32. The number of oxazole rings is 1. The van der Waals surface area contributed by atoms with E-state index in [0.29, 0.717) is 29.1 Å². The van der Waals surface area contributed by atoms with Crippen LogP contribution in [-0.2, 0) is 11.2 Å². The number of anilines is 1. The highest BCUT2D eigenvalue weighted by Gasteiger charge is 2.07. The summed E-state index contributed by atoms with van der Waals surface area (Å²) in [4.78, 5) is 29.7. The van der Waals surface area contributed by atoms with Crippen LogP contribution in [0.4, 0.5) is 5.13 Å². The van der Waals surface area contributed by atoms with Crippen LogP contribution in [0.5, 0.6) is 0 Å². The molecule has 1 amide bonds. The zero-order valence-electron chi connectivity index (χ0n) is 11.3. The number of thiazole rings is 1. The van der Waals surface area contributed by atoms with Crippen LogP contribution >= 0.6 is 11.3 Å². The van der Waals surface area contributed by atoms with Gasteiger partial charge in [0, 0.05) is 11.8 Å². The molecule has 0 atom stereocenters. The molecule has 2 heterocycles. The maximum absolute atomic E-state index is 11.8. The number of H-pyrrole nitrogens is 1. The van der Waals surface area contributed by atoms with Crippen molar-refractivity contribution >= 4 is 33.5 Å². The molecule has 0 radical (unpaired) electrons. The number of carbonyl (C=O) groups is 1. The van der Waals surface area contributed by atoms with Gasteiger partial charge in [-0.1, -0.05) is 6.07 Å². The van der Waals surface area contributed by atoms with Crippen molar-refractivity contribution in [1.29, 1.82) is 0 Å². The average molecular weight is 303 g/mol. The lowest BCUT2D eigenvalue weighted by Crippen LogP contribution is -2.12. The van der Waals surface area contributed by atoms with E-state index in [1.807, 2.05) is 24.4 Å². The first-order chi connectivity index (χ1) is 10.1. The number of amides is 1. The summed E-state index contributed by atoms with van der Waals surface area (Å²) < 4.78 is 4.93. The summed E-state index contributed by atoms with van der Waals surface area (Å²) in [5.74, 6) is -0.552. The number of aryl methyl sites for hydroxylation is 2. The average Bonchev–Trinajstić information content (AvgIpc) is 3.00. The van der Waals surface area contributed by atoms with E-state index in [4.69, 9.17) is 4.42 Å².